The van der Waals surface area contributed by atoms with Gasteiger partial charge in [0.05, 0.1) is 5.54 Å². The fraction of sp³-hybridized carbons (Fsp3) is 0.933. The Bertz CT molecular complexity index is 327. The number of likely N-dealkylation sites (tertiary alicyclic amines) is 1. The van der Waals surface area contributed by atoms with Gasteiger partial charge in [0.2, 0.25) is 5.91 Å². The van der Waals surface area contributed by atoms with E-state index in [4.69, 9.17) is 5.73 Å². The van der Waals surface area contributed by atoms with Crippen LogP contribution in [0.5, 0.6) is 0 Å². The Kier molecular flexibility index (Phi) is 5.02. The van der Waals surface area contributed by atoms with Gasteiger partial charge in [0.15, 0.2) is 0 Å². The molecule has 1 aliphatic rings. The fourth-order valence-corrected chi connectivity index (χ4v) is 3.51. The van der Waals surface area contributed by atoms with E-state index < -0.39 is 5.54 Å². The summed E-state index contributed by atoms with van der Waals surface area (Å²) in [6.45, 7) is 13.9. The number of nitrogens with two attached hydrogens (primary N) is 1. The number of hydrogen-bond donors (Lipinski definition) is 2. The third-order valence-corrected chi connectivity index (χ3v) is 4.35. The molecule has 1 aliphatic heterocycles. The summed E-state index contributed by atoms with van der Waals surface area (Å²) in [4.78, 5) is 14.3. The standard InChI is InChI=1S/C15H31N3O/c1-11(2)17-15(6,13(16)19)10-12(3)18-9-7-8-14(18,4)5/h11-12,17H,7-10H2,1-6H3,(H2,16,19). The van der Waals surface area contributed by atoms with Crippen LogP contribution in [0.25, 0.3) is 0 Å². The van der Waals surface area contributed by atoms with Gasteiger partial charge in [-0.15, -0.1) is 0 Å². The van der Waals surface area contributed by atoms with Crippen molar-refractivity contribution >= 4 is 5.91 Å². The van der Waals surface area contributed by atoms with Crippen molar-refractivity contribution in [2.75, 3.05) is 6.54 Å². The monoisotopic (exact) mass is 269 g/mol. The fourth-order valence-electron chi connectivity index (χ4n) is 3.51. The topological polar surface area (TPSA) is 58.4 Å². The Morgan fingerprint density at radius 1 is 1.42 bits per heavy atom. The van der Waals surface area contributed by atoms with E-state index in [1.54, 1.807) is 0 Å². The van der Waals surface area contributed by atoms with Crippen molar-refractivity contribution in [3.8, 4) is 0 Å². The van der Waals surface area contributed by atoms with Crippen LogP contribution >= 0.6 is 0 Å². The van der Waals surface area contributed by atoms with Crippen molar-refractivity contribution in [1.82, 2.24) is 10.2 Å². The highest BCUT2D eigenvalue weighted by Gasteiger charge is 2.40. The molecule has 4 nitrogen and oxygen atoms in total. The molecule has 1 amide bonds. The average molecular weight is 269 g/mol. The van der Waals surface area contributed by atoms with Gasteiger partial charge in [-0.1, -0.05) is 0 Å². The zero-order valence-corrected chi connectivity index (χ0v) is 13.4. The molecule has 0 aliphatic carbocycles. The van der Waals surface area contributed by atoms with Crippen LogP contribution in [0.4, 0.5) is 0 Å². The molecule has 1 heterocycles. The van der Waals surface area contributed by atoms with Crippen molar-refractivity contribution in [1.29, 1.82) is 0 Å². The maximum atomic E-state index is 11.8. The molecule has 4 heteroatoms. The molecular weight excluding hydrogens is 238 g/mol. The number of amides is 1. The normalized spacial score (nSPS) is 24.4. The number of primary amides is 1. The van der Waals surface area contributed by atoms with Gasteiger partial charge in [-0.05, 0) is 67.3 Å². The Morgan fingerprint density at radius 2 is 2.00 bits per heavy atom. The molecule has 112 valence electrons. The van der Waals surface area contributed by atoms with Crippen LogP contribution in [-0.2, 0) is 4.79 Å². The van der Waals surface area contributed by atoms with Gasteiger partial charge in [0, 0.05) is 17.6 Å². The van der Waals surface area contributed by atoms with Gasteiger partial charge in [0.1, 0.15) is 0 Å². The summed E-state index contributed by atoms with van der Waals surface area (Å²) in [7, 11) is 0. The van der Waals surface area contributed by atoms with Gasteiger partial charge in [-0.25, -0.2) is 0 Å². The van der Waals surface area contributed by atoms with Gasteiger partial charge >= 0.3 is 0 Å². The van der Waals surface area contributed by atoms with Crippen LogP contribution in [0.2, 0.25) is 0 Å². The van der Waals surface area contributed by atoms with Gasteiger partial charge in [0.25, 0.3) is 0 Å². The summed E-state index contributed by atoms with van der Waals surface area (Å²) in [6, 6.07) is 0.595. The predicted molar refractivity (Wildman–Crippen MR) is 80.0 cm³/mol. The van der Waals surface area contributed by atoms with Crippen LogP contribution in [0.15, 0.2) is 0 Å². The lowest BCUT2D eigenvalue weighted by Crippen LogP contribution is -2.59. The number of carbonyl (C=O) groups excluding carboxylic acids is 1. The summed E-state index contributed by atoms with van der Waals surface area (Å²) < 4.78 is 0. The van der Waals surface area contributed by atoms with E-state index in [0.717, 1.165) is 13.0 Å². The van der Waals surface area contributed by atoms with Crippen LogP contribution in [0.3, 0.4) is 0 Å². The maximum Gasteiger partial charge on any atom is 0.237 e. The number of nitrogens with zero attached hydrogens (tertiary/aromatic N) is 1. The van der Waals surface area contributed by atoms with Crippen molar-refractivity contribution in [2.24, 2.45) is 5.73 Å². The molecule has 1 fully saturated rings. The van der Waals surface area contributed by atoms with Gasteiger partial charge in [-0.3, -0.25) is 9.69 Å². The number of nitrogens with one attached hydrogen (secondary N) is 1. The Morgan fingerprint density at radius 3 is 2.37 bits per heavy atom. The van der Waals surface area contributed by atoms with E-state index in [0.29, 0.717) is 6.04 Å². The second-order valence-electron chi connectivity index (χ2n) is 7.16. The smallest absolute Gasteiger partial charge is 0.237 e. The minimum atomic E-state index is -0.633. The van der Waals surface area contributed by atoms with Gasteiger partial charge in [-0.2, -0.15) is 0 Å². The molecule has 0 bridgehead atoms. The maximum absolute atomic E-state index is 11.8. The molecule has 0 aromatic heterocycles. The van der Waals surface area contributed by atoms with Crippen molar-refractivity contribution < 1.29 is 4.79 Å². The summed E-state index contributed by atoms with van der Waals surface area (Å²) in [5.41, 5.74) is 5.21. The third kappa shape index (κ3) is 3.93. The highest BCUT2D eigenvalue weighted by atomic mass is 16.1. The van der Waals surface area contributed by atoms with E-state index in [2.05, 4.69) is 31.0 Å². The Hall–Kier alpha value is -0.610. The first-order valence-corrected chi connectivity index (χ1v) is 7.43. The molecule has 19 heavy (non-hydrogen) atoms. The summed E-state index contributed by atoms with van der Waals surface area (Å²) >= 11 is 0. The van der Waals surface area contributed by atoms with E-state index in [9.17, 15) is 4.79 Å². The van der Waals surface area contributed by atoms with Gasteiger partial charge < -0.3 is 11.1 Å². The Balaban J connectivity index is 2.77. The lowest BCUT2D eigenvalue weighted by atomic mass is 9.89. The molecule has 0 spiro atoms. The minimum absolute atomic E-state index is 0.232. The largest absolute Gasteiger partial charge is 0.368 e. The lowest BCUT2D eigenvalue weighted by molar-refractivity contribution is -0.125. The molecule has 0 aromatic rings. The molecule has 0 saturated carbocycles. The van der Waals surface area contributed by atoms with E-state index in [-0.39, 0.29) is 17.5 Å². The first-order valence-electron chi connectivity index (χ1n) is 7.43. The molecule has 2 atom stereocenters. The second kappa shape index (κ2) is 5.80. The summed E-state index contributed by atoms with van der Waals surface area (Å²) in [5.74, 6) is -0.259. The molecule has 1 saturated heterocycles. The molecule has 1 rings (SSSR count). The first-order chi connectivity index (χ1) is 8.58. The highest BCUT2D eigenvalue weighted by Crippen LogP contribution is 2.32. The van der Waals surface area contributed by atoms with E-state index in [1.807, 2.05) is 20.8 Å². The number of hydrogen-bond acceptors (Lipinski definition) is 3. The number of rotatable bonds is 6. The second-order valence-corrected chi connectivity index (χ2v) is 7.16. The summed E-state index contributed by atoms with van der Waals surface area (Å²) in [5, 5.41) is 3.34. The first kappa shape index (κ1) is 16.4. The molecule has 2 unspecified atom stereocenters. The van der Waals surface area contributed by atoms with E-state index in [1.165, 1.54) is 12.8 Å². The van der Waals surface area contributed by atoms with Crippen molar-refractivity contribution in [2.45, 2.75) is 84.0 Å². The zero-order chi connectivity index (χ0) is 14.8. The summed E-state index contributed by atoms with van der Waals surface area (Å²) in [6.07, 6.45) is 3.22. The minimum Gasteiger partial charge on any atom is -0.368 e. The molecule has 0 radical (unpaired) electrons. The van der Waals surface area contributed by atoms with Crippen LogP contribution in [0.1, 0.15) is 60.8 Å². The average Bonchev–Trinajstić information content (AvgIpc) is 2.56. The van der Waals surface area contributed by atoms with Crippen molar-refractivity contribution in [3.05, 3.63) is 0 Å². The number of carbonyl (C=O) groups is 1. The van der Waals surface area contributed by atoms with Crippen LogP contribution in [0, 0.1) is 0 Å². The predicted octanol–water partition coefficient (Wildman–Crippen LogP) is 1.88. The van der Waals surface area contributed by atoms with Crippen LogP contribution < -0.4 is 11.1 Å². The van der Waals surface area contributed by atoms with E-state index >= 15 is 0 Å². The SMILES string of the molecule is CC(C)NC(C)(CC(C)N1CCCC1(C)C)C(N)=O. The molecular formula is C15H31N3O. The van der Waals surface area contributed by atoms with Crippen molar-refractivity contribution in [3.63, 3.8) is 0 Å². The quantitative estimate of drug-likeness (QED) is 0.774. The molecule has 3 N–H and O–H groups in total. The van der Waals surface area contributed by atoms with Crippen LogP contribution in [-0.4, -0.2) is 40.5 Å². The third-order valence-electron chi connectivity index (χ3n) is 4.35. The molecule has 0 aromatic carbocycles. The highest BCUT2D eigenvalue weighted by molar-refractivity contribution is 5.84. The Labute approximate surface area is 118 Å². The zero-order valence-electron chi connectivity index (χ0n) is 13.4. The lowest BCUT2D eigenvalue weighted by Gasteiger charge is -2.41.